The van der Waals surface area contributed by atoms with Crippen molar-refractivity contribution in [1.29, 1.82) is 0 Å². The predicted molar refractivity (Wildman–Crippen MR) is 76.7 cm³/mol. The maximum atomic E-state index is 11.9. The minimum absolute atomic E-state index is 0.351. The highest BCUT2D eigenvalue weighted by molar-refractivity contribution is 7.52. The summed E-state index contributed by atoms with van der Waals surface area (Å²) in [5, 5.41) is 0. The van der Waals surface area contributed by atoms with Gasteiger partial charge in [0.1, 0.15) is 6.10 Å². The van der Waals surface area contributed by atoms with E-state index in [0.717, 1.165) is 4.57 Å². The van der Waals surface area contributed by atoms with Gasteiger partial charge in [-0.05, 0) is 6.92 Å². The van der Waals surface area contributed by atoms with Gasteiger partial charge in [-0.1, -0.05) is 6.92 Å². The van der Waals surface area contributed by atoms with Crippen LogP contribution in [0.4, 0.5) is 0 Å². The van der Waals surface area contributed by atoms with Crippen LogP contribution in [0.1, 0.15) is 20.1 Å². The van der Waals surface area contributed by atoms with Gasteiger partial charge in [-0.25, -0.2) is 4.79 Å². The van der Waals surface area contributed by atoms with Crippen molar-refractivity contribution in [3.63, 3.8) is 0 Å². The van der Waals surface area contributed by atoms with E-state index in [4.69, 9.17) is 9.47 Å². The first kappa shape index (κ1) is 17.1. The van der Waals surface area contributed by atoms with Crippen molar-refractivity contribution >= 4 is 7.60 Å². The van der Waals surface area contributed by atoms with E-state index in [-0.39, 0.29) is 5.92 Å². The second-order valence-corrected chi connectivity index (χ2v) is 7.39. The van der Waals surface area contributed by atoms with Crippen molar-refractivity contribution in [2.45, 2.75) is 37.9 Å². The number of hydrogen-bond acceptors (Lipinski definition) is 5. The molecule has 1 aromatic rings. The number of aromatic amines is 1. The van der Waals surface area contributed by atoms with E-state index < -0.39 is 42.9 Å². The molecule has 124 valence electrons. The van der Waals surface area contributed by atoms with Gasteiger partial charge in [-0.15, -0.1) is 0 Å². The van der Waals surface area contributed by atoms with Crippen LogP contribution in [0.2, 0.25) is 0 Å². The number of nitrogens with zero attached hydrogens (tertiary/aromatic N) is 1. The summed E-state index contributed by atoms with van der Waals surface area (Å²) in [6.07, 6.45) is -0.963. The Bertz CT molecular complexity index is 693. The second-order valence-electron chi connectivity index (χ2n) is 5.40. The summed E-state index contributed by atoms with van der Waals surface area (Å²) in [6.45, 7) is 3.13. The molecule has 2 heterocycles. The summed E-state index contributed by atoms with van der Waals surface area (Å²) in [6, 6.07) is 1.17. The van der Waals surface area contributed by atoms with Crippen LogP contribution >= 0.6 is 7.60 Å². The second kappa shape index (κ2) is 6.10. The standard InChI is InChI=1S/C12H19N2O7P/c1-6-9(7(2)22(17,18)19)21-11(10(6)20-3)14-5-4-8(15)13-12(14)16/h4-7,9-11H,1-3H3,(H,13,15,16)(H2,17,18,19)/t6-,7?,9+,10-,11-/m1/s1. The average molecular weight is 334 g/mol. The zero-order valence-corrected chi connectivity index (χ0v) is 13.3. The molecule has 2 rings (SSSR count). The largest absolute Gasteiger partial charge is 0.376 e. The fraction of sp³-hybridized carbons (Fsp3) is 0.667. The fourth-order valence-corrected chi connectivity index (χ4v) is 3.46. The molecule has 0 saturated carbocycles. The molecule has 1 aliphatic rings. The molecule has 0 aromatic carbocycles. The number of nitrogens with one attached hydrogen (secondary N) is 1. The van der Waals surface area contributed by atoms with Gasteiger partial charge in [-0.2, -0.15) is 0 Å². The van der Waals surface area contributed by atoms with E-state index in [1.807, 2.05) is 0 Å². The molecular formula is C12H19N2O7P. The van der Waals surface area contributed by atoms with E-state index in [2.05, 4.69) is 4.98 Å². The molecule has 22 heavy (non-hydrogen) atoms. The average Bonchev–Trinajstić information content (AvgIpc) is 2.73. The van der Waals surface area contributed by atoms with Crippen LogP contribution in [0.15, 0.2) is 21.9 Å². The van der Waals surface area contributed by atoms with Crippen molar-refractivity contribution in [1.82, 2.24) is 9.55 Å². The van der Waals surface area contributed by atoms with Crippen LogP contribution in [-0.4, -0.2) is 44.3 Å². The Balaban J connectivity index is 2.39. The summed E-state index contributed by atoms with van der Waals surface area (Å²) in [7, 11) is -2.91. The molecule has 0 aliphatic carbocycles. The number of aromatic nitrogens is 2. The van der Waals surface area contributed by atoms with Crippen LogP contribution in [0.25, 0.3) is 0 Å². The van der Waals surface area contributed by atoms with Gasteiger partial charge in [0.25, 0.3) is 5.56 Å². The molecule has 3 N–H and O–H groups in total. The smallest absolute Gasteiger partial charge is 0.330 e. The van der Waals surface area contributed by atoms with Crippen molar-refractivity contribution < 1.29 is 23.8 Å². The molecule has 0 amide bonds. The molecule has 1 unspecified atom stereocenters. The summed E-state index contributed by atoms with van der Waals surface area (Å²) in [5.41, 5.74) is -2.25. The topological polar surface area (TPSA) is 131 Å². The minimum Gasteiger partial charge on any atom is -0.376 e. The van der Waals surface area contributed by atoms with E-state index in [1.54, 1.807) is 6.92 Å². The molecular weight excluding hydrogens is 315 g/mol. The maximum Gasteiger partial charge on any atom is 0.330 e. The van der Waals surface area contributed by atoms with E-state index in [9.17, 15) is 23.9 Å². The van der Waals surface area contributed by atoms with E-state index in [1.165, 1.54) is 26.3 Å². The predicted octanol–water partition coefficient (Wildman–Crippen LogP) is -0.349. The quantitative estimate of drug-likeness (QED) is 0.641. The van der Waals surface area contributed by atoms with E-state index >= 15 is 0 Å². The highest BCUT2D eigenvalue weighted by atomic mass is 31.2. The Morgan fingerprint density at radius 1 is 1.45 bits per heavy atom. The SMILES string of the molecule is CO[C@@H]1[C@H](C)[C@@H](C(C)P(=O)(O)O)O[C@H]1n1ccc(=O)[nH]c1=O. The summed E-state index contributed by atoms with van der Waals surface area (Å²) in [5.74, 6) is -0.351. The lowest BCUT2D eigenvalue weighted by atomic mass is 9.98. The molecule has 0 radical (unpaired) electrons. The van der Waals surface area contributed by atoms with Crippen LogP contribution in [0.5, 0.6) is 0 Å². The third kappa shape index (κ3) is 3.09. The molecule has 0 bridgehead atoms. The zero-order valence-electron chi connectivity index (χ0n) is 12.4. The molecule has 1 aliphatic heterocycles. The Morgan fingerprint density at radius 3 is 2.59 bits per heavy atom. The fourth-order valence-electron chi connectivity index (χ4n) is 2.74. The Morgan fingerprint density at radius 2 is 2.09 bits per heavy atom. The lowest BCUT2D eigenvalue weighted by molar-refractivity contribution is -0.0532. The van der Waals surface area contributed by atoms with Gasteiger partial charge >= 0.3 is 13.3 Å². The molecule has 1 fully saturated rings. The first-order valence-electron chi connectivity index (χ1n) is 6.71. The highest BCUT2D eigenvalue weighted by Crippen LogP contribution is 2.49. The van der Waals surface area contributed by atoms with Gasteiger partial charge < -0.3 is 19.3 Å². The normalized spacial score (nSPS) is 30.4. The number of rotatable bonds is 4. The van der Waals surface area contributed by atoms with Crippen molar-refractivity contribution in [3.8, 4) is 0 Å². The van der Waals surface area contributed by atoms with Crippen LogP contribution in [-0.2, 0) is 14.0 Å². The molecule has 5 atom stereocenters. The van der Waals surface area contributed by atoms with Crippen molar-refractivity contribution in [2.24, 2.45) is 5.92 Å². The van der Waals surface area contributed by atoms with Gasteiger partial charge in [0, 0.05) is 25.3 Å². The number of ether oxygens (including phenoxy) is 2. The van der Waals surface area contributed by atoms with Gasteiger partial charge in [-0.3, -0.25) is 18.9 Å². The van der Waals surface area contributed by atoms with Crippen LogP contribution in [0.3, 0.4) is 0 Å². The Kier molecular flexibility index (Phi) is 4.74. The monoisotopic (exact) mass is 334 g/mol. The highest BCUT2D eigenvalue weighted by Gasteiger charge is 2.49. The first-order valence-corrected chi connectivity index (χ1v) is 8.40. The lowest BCUT2D eigenvalue weighted by Gasteiger charge is -2.23. The molecule has 10 heteroatoms. The third-order valence-electron chi connectivity index (χ3n) is 4.02. The van der Waals surface area contributed by atoms with Crippen molar-refractivity contribution in [2.75, 3.05) is 7.11 Å². The zero-order chi connectivity index (χ0) is 16.7. The molecule has 1 saturated heterocycles. The molecule has 9 nitrogen and oxygen atoms in total. The van der Waals surface area contributed by atoms with Gasteiger partial charge in [0.05, 0.1) is 11.8 Å². The van der Waals surface area contributed by atoms with Crippen molar-refractivity contribution in [3.05, 3.63) is 33.1 Å². The van der Waals surface area contributed by atoms with Crippen LogP contribution < -0.4 is 11.2 Å². The summed E-state index contributed by atoms with van der Waals surface area (Å²) in [4.78, 5) is 43.8. The Hall–Kier alpha value is -1.25. The van der Waals surface area contributed by atoms with Crippen LogP contribution in [0, 0.1) is 5.92 Å². The van der Waals surface area contributed by atoms with Gasteiger partial charge in [0.15, 0.2) is 6.23 Å². The lowest BCUT2D eigenvalue weighted by Crippen LogP contribution is -2.36. The number of hydrogen-bond donors (Lipinski definition) is 3. The summed E-state index contributed by atoms with van der Waals surface area (Å²) >= 11 is 0. The number of methoxy groups -OCH3 is 1. The number of H-pyrrole nitrogens is 1. The molecule has 0 spiro atoms. The minimum atomic E-state index is -4.34. The maximum absolute atomic E-state index is 11.9. The molecule has 1 aromatic heterocycles. The third-order valence-corrected chi connectivity index (χ3v) is 5.37. The first-order chi connectivity index (χ1) is 10.2. The van der Waals surface area contributed by atoms with E-state index in [0.29, 0.717) is 0 Å². The Labute approximate surface area is 126 Å². The van der Waals surface area contributed by atoms with Gasteiger partial charge in [0.2, 0.25) is 0 Å². The summed E-state index contributed by atoms with van der Waals surface area (Å²) < 4.78 is 23.7.